The molecule has 14 heavy (non-hydrogen) atoms. The third kappa shape index (κ3) is 1.55. The van der Waals surface area contributed by atoms with Gasteiger partial charge in [0, 0.05) is 6.54 Å². The van der Waals surface area contributed by atoms with Crippen molar-refractivity contribution in [2.24, 2.45) is 0 Å². The van der Waals surface area contributed by atoms with Gasteiger partial charge in [-0.25, -0.2) is 0 Å². The number of hydrogen-bond acceptors (Lipinski definition) is 3. The van der Waals surface area contributed by atoms with Crippen molar-refractivity contribution in [2.45, 2.75) is 13.0 Å². The van der Waals surface area contributed by atoms with Crippen molar-refractivity contribution < 1.29 is 9.84 Å². The summed E-state index contributed by atoms with van der Waals surface area (Å²) in [7, 11) is 0. The summed E-state index contributed by atoms with van der Waals surface area (Å²) in [4.78, 5) is 2.18. The van der Waals surface area contributed by atoms with Crippen LogP contribution in [0.15, 0.2) is 24.3 Å². The van der Waals surface area contributed by atoms with Gasteiger partial charge in [0.15, 0.2) is 0 Å². The molecule has 0 saturated carbocycles. The van der Waals surface area contributed by atoms with Crippen LogP contribution in [0.3, 0.4) is 0 Å². The van der Waals surface area contributed by atoms with Crippen molar-refractivity contribution in [3.8, 4) is 5.75 Å². The van der Waals surface area contributed by atoms with Crippen molar-refractivity contribution >= 4 is 5.69 Å². The highest BCUT2D eigenvalue weighted by molar-refractivity contribution is 5.60. The van der Waals surface area contributed by atoms with Crippen molar-refractivity contribution in [3.63, 3.8) is 0 Å². The smallest absolute Gasteiger partial charge is 0.142 e. The zero-order valence-electron chi connectivity index (χ0n) is 8.31. The lowest BCUT2D eigenvalue weighted by molar-refractivity contribution is 0.251. The summed E-state index contributed by atoms with van der Waals surface area (Å²) in [6.45, 7) is 3.64. The first-order valence-corrected chi connectivity index (χ1v) is 4.92. The maximum absolute atomic E-state index is 8.98. The molecule has 0 bridgehead atoms. The molecule has 0 spiro atoms. The molecule has 3 heteroatoms. The lowest BCUT2D eigenvalue weighted by Crippen LogP contribution is -2.42. The van der Waals surface area contributed by atoms with Gasteiger partial charge in [-0.1, -0.05) is 12.1 Å². The third-order valence-electron chi connectivity index (χ3n) is 2.53. The summed E-state index contributed by atoms with van der Waals surface area (Å²) in [6.07, 6.45) is 0. The van der Waals surface area contributed by atoms with Crippen molar-refractivity contribution in [1.29, 1.82) is 0 Å². The van der Waals surface area contributed by atoms with E-state index in [2.05, 4.69) is 11.8 Å². The van der Waals surface area contributed by atoms with Gasteiger partial charge in [-0.05, 0) is 19.1 Å². The van der Waals surface area contributed by atoms with Crippen LogP contribution < -0.4 is 9.64 Å². The fraction of sp³-hybridized carbons (Fsp3) is 0.455. The van der Waals surface area contributed by atoms with Crippen LogP contribution in [0.5, 0.6) is 5.75 Å². The summed E-state index contributed by atoms with van der Waals surface area (Å²) in [6, 6.07) is 8.28. The van der Waals surface area contributed by atoms with Crippen LogP contribution in [-0.2, 0) is 0 Å². The molecule has 1 atom stereocenters. The standard InChI is InChI=1S/C11H15NO2/c1-9-8-14-11-5-3-2-4-10(11)12(9)6-7-13/h2-5,9,13H,6-8H2,1H3. The molecular weight excluding hydrogens is 178 g/mol. The van der Waals surface area contributed by atoms with Crippen LogP contribution >= 0.6 is 0 Å². The molecule has 2 rings (SSSR count). The van der Waals surface area contributed by atoms with E-state index in [9.17, 15) is 0 Å². The molecule has 76 valence electrons. The van der Waals surface area contributed by atoms with Crippen LogP contribution in [-0.4, -0.2) is 30.9 Å². The highest BCUT2D eigenvalue weighted by Crippen LogP contribution is 2.32. The molecule has 1 aromatic rings. The minimum Gasteiger partial charge on any atom is -0.489 e. The minimum absolute atomic E-state index is 0.179. The number of para-hydroxylation sites is 2. The van der Waals surface area contributed by atoms with Crippen LogP contribution in [0.2, 0.25) is 0 Å². The van der Waals surface area contributed by atoms with E-state index in [4.69, 9.17) is 9.84 Å². The number of benzene rings is 1. The SMILES string of the molecule is CC1COc2ccccc2N1CCO. The highest BCUT2D eigenvalue weighted by Gasteiger charge is 2.22. The Bertz CT molecular complexity index is 314. The molecular formula is C11H15NO2. The molecule has 0 fully saturated rings. The second-order valence-corrected chi connectivity index (χ2v) is 3.54. The number of fused-ring (bicyclic) bond motifs is 1. The van der Waals surface area contributed by atoms with Gasteiger partial charge < -0.3 is 14.7 Å². The Morgan fingerprint density at radius 1 is 1.50 bits per heavy atom. The summed E-state index contributed by atoms with van der Waals surface area (Å²) in [5.41, 5.74) is 1.08. The maximum Gasteiger partial charge on any atom is 0.142 e. The number of β-amino-alcohol motifs (C(OH)–C–C–N with tert-alkyl or cyclic N) is 1. The first-order chi connectivity index (χ1) is 6.83. The van der Waals surface area contributed by atoms with E-state index < -0.39 is 0 Å². The number of rotatable bonds is 2. The van der Waals surface area contributed by atoms with E-state index in [0.29, 0.717) is 19.2 Å². The van der Waals surface area contributed by atoms with Gasteiger partial charge in [0.1, 0.15) is 12.4 Å². The predicted molar refractivity (Wildman–Crippen MR) is 55.8 cm³/mol. The van der Waals surface area contributed by atoms with Gasteiger partial charge in [-0.3, -0.25) is 0 Å². The van der Waals surface area contributed by atoms with E-state index in [-0.39, 0.29) is 6.61 Å². The summed E-state index contributed by atoms with van der Waals surface area (Å²) >= 11 is 0. The Hall–Kier alpha value is -1.22. The normalized spacial score (nSPS) is 20.1. The molecule has 1 aromatic carbocycles. The minimum atomic E-state index is 0.179. The molecule has 0 saturated heterocycles. The van der Waals surface area contributed by atoms with Gasteiger partial charge in [-0.2, -0.15) is 0 Å². The van der Waals surface area contributed by atoms with Crippen LogP contribution in [0, 0.1) is 0 Å². The molecule has 0 aliphatic carbocycles. The predicted octanol–water partition coefficient (Wildman–Crippen LogP) is 1.27. The Morgan fingerprint density at radius 2 is 2.29 bits per heavy atom. The van der Waals surface area contributed by atoms with Crippen molar-refractivity contribution in [3.05, 3.63) is 24.3 Å². The van der Waals surface area contributed by atoms with Gasteiger partial charge >= 0.3 is 0 Å². The molecule has 1 aliphatic rings. The quantitative estimate of drug-likeness (QED) is 0.767. The van der Waals surface area contributed by atoms with E-state index in [1.54, 1.807) is 0 Å². The monoisotopic (exact) mass is 193 g/mol. The number of anilines is 1. The van der Waals surface area contributed by atoms with Crippen LogP contribution in [0.4, 0.5) is 5.69 Å². The van der Waals surface area contributed by atoms with Gasteiger partial charge in [0.2, 0.25) is 0 Å². The number of ether oxygens (including phenoxy) is 1. The summed E-state index contributed by atoms with van der Waals surface area (Å²) in [5.74, 6) is 0.916. The lowest BCUT2D eigenvalue weighted by Gasteiger charge is -2.36. The Labute approximate surface area is 83.9 Å². The second-order valence-electron chi connectivity index (χ2n) is 3.54. The number of nitrogens with zero attached hydrogens (tertiary/aromatic N) is 1. The van der Waals surface area contributed by atoms with Crippen molar-refractivity contribution in [2.75, 3.05) is 24.7 Å². The topological polar surface area (TPSA) is 32.7 Å². The van der Waals surface area contributed by atoms with E-state index in [1.807, 2.05) is 24.3 Å². The zero-order chi connectivity index (χ0) is 9.97. The van der Waals surface area contributed by atoms with Gasteiger partial charge in [0.05, 0.1) is 18.3 Å². The van der Waals surface area contributed by atoms with E-state index in [0.717, 1.165) is 11.4 Å². The average Bonchev–Trinajstić information content (AvgIpc) is 2.23. The van der Waals surface area contributed by atoms with E-state index >= 15 is 0 Å². The second kappa shape index (κ2) is 3.88. The lowest BCUT2D eigenvalue weighted by atomic mass is 10.2. The first-order valence-electron chi connectivity index (χ1n) is 4.92. The fourth-order valence-electron chi connectivity index (χ4n) is 1.80. The number of hydrogen-bond donors (Lipinski definition) is 1. The molecule has 0 aromatic heterocycles. The largest absolute Gasteiger partial charge is 0.489 e. The number of aliphatic hydroxyl groups excluding tert-OH is 1. The average molecular weight is 193 g/mol. The molecule has 1 N–H and O–H groups in total. The van der Waals surface area contributed by atoms with E-state index in [1.165, 1.54) is 0 Å². The molecule has 1 unspecified atom stereocenters. The fourth-order valence-corrected chi connectivity index (χ4v) is 1.80. The Kier molecular flexibility index (Phi) is 2.59. The molecule has 1 heterocycles. The Balaban J connectivity index is 2.31. The third-order valence-corrected chi connectivity index (χ3v) is 2.53. The van der Waals surface area contributed by atoms with Gasteiger partial charge in [0.25, 0.3) is 0 Å². The zero-order valence-corrected chi connectivity index (χ0v) is 8.31. The molecule has 1 aliphatic heterocycles. The summed E-state index contributed by atoms with van der Waals surface area (Å²) in [5, 5.41) is 8.98. The van der Waals surface area contributed by atoms with Gasteiger partial charge in [-0.15, -0.1) is 0 Å². The molecule has 3 nitrogen and oxygen atoms in total. The molecule has 0 amide bonds. The molecule has 0 radical (unpaired) electrons. The highest BCUT2D eigenvalue weighted by atomic mass is 16.5. The maximum atomic E-state index is 8.98. The number of aliphatic hydroxyl groups is 1. The Morgan fingerprint density at radius 3 is 3.07 bits per heavy atom. The van der Waals surface area contributed by atoms with Crippen LogP contribution in [0.1, 0.15) is 6.92 Å². The first kappa shape index (κ1) is 9.34. The van der Waals surface area contributed by atoms with Crippen LogP contribution in [0.25, 0.3) is 0 Å². The summed E-state index contributed by atoms with van der Waals surface area (Å²) < 4.78 is 5.59. The van der Waals surface area contributed by atoms with Crippen molar-refractivity contribution in [1.82, 2.24) is 0 Å².